The largest absolute Gasteiger partial charge is 0.292 e. The van der Waals surface area contributed by atoms with Gasteiger partial charge in [0.15, 0.2) is 5.78 Å². The van der Waals surface area contributed by atoms with Gasteiger partial charge in [0, 0.05) is 11.6 Å². The molecular formula is C10H14N2O. The number of carbonyl (C=O) groups excluding carboxylic acids is 1. The highest BCUT2D eigenvalue weighted by molar-refractivity contribution is 5.97. The van der Waals surface area contributed by atoms with E-state index in [0.29, 0.717) is 5.69 Å². The Kier molecular flexibility index (Phi) is 2.45. The Labute approximate surface area is 78.2 Å². The standard InChI is InChI=1S/C10H14N2O/c1-7-5-12-8(6-11-7)9(13)10(2,3)4/h5-6H,1-4H3. The highest BCUT2D eigenvalue weighted by Crippen LogP contribution is 2.18. The van der Waals surface area contributed by atoms with E-state index in [9.17, 15) is 4.79 Å². The topological polar surface area (TPSA) is 42.9 Å². The van der Waals surface area contributed by atoms with Gasteiger partial charge in [-0.1, -0.05) is 20.8 Å². The van der Waals surface area contributed by atoms with Crippen LogP contribution in [0.2, 0.25) is 0 Å². The van der Waals surface area contributed by atoms with Crippen LogP contribution in [0.15, 0.2) is 12.4 Å². The van der Waals surface area contributed by atoms with E-state index in [4.69, 9.17) is 0 Å². The van der Waals surface area contributed by atoms with Crippen LogP contribution in [0.3, 0.4) is 0 Å². The molecule has 13 heavy (non-hydrogen) atoms. The van der Waals surface area contributed by atoms with Gasteiger partial charge < -0.3 is 0 Å². The molecule has 1 aromatic heterocycles. The first kappa shape index (κ1) is 9.84. The Morgan fingerprint density at radius 3 is 2.23 bits per heavy atom. The first-order chi connectivity index (χ1) is 5.91. The Bertz CT molecular complexity index is 309. The number of ketones is 1. The van der Waals surface area contributed by atoms with Crippen molar-refractivity contribution in [2.75, 3.05) is 0 Å². The molecule has 0 fully saturated rings. The van der Waals surface area contributed by atoms with Crippen molar-refractivity contribution in [3.8, 4) is 0 Å². The molecule has 0 aliphatic rings. The average Bonchev–Trinajstić information content (AvgIpc) is 2.03. The number of aromatic nitrogens is 2. The van der Waals surface area contributed by atoms with Crippen LogP contribution in [0.4, 0.5) is 0 Å². The van der Waals surface area contributed by atoms with Crippen molar-refractivity contribution >= 4 is 5.78 Å². The van der Waals surface area contributed by atoms with E-state index >= 15 is 0 Å². The number of aryl methyl sites for hydroxylation is 1. The minimum atomic E-state index is -0.385. The molecule has 0 aromatic carbocycles. The van der Waals surface area contributed by atoms with Crippen molar-refractivity contribution in [3.63, 3.8) is 0 Å². The summed E-state index contributed by atoms with van der Waals surface area (Å²) < 4.78 is 0. The van der Waals surface area contributed by atoms with Crippen molar-refractivity contribution in [1.29, 1.82) is 0 Å². The van der Waals surface area contributed by atoms with Gasteiger partial charge in [0.25, 0.3) is 0 Å². The number of Topliss-reactive ketones (excluding diaryl/α,β-unsaturated/α-hetero) is 1. The molecule has 0 N–H and O–H groups in total. The summed E-state index contributed by atoms with van der Waals surface area (Å²) in [7, 11) is 0. The lowest BCUT2D eigenvalue weighted by Gasteiger charge is -2.15. The molecule has 1 aromatic rings. The van der Waals surface area contributed by atoms with Crippen molar-refractivity contribution in [2.45, 2.75) is 27.7 Å². The third-order valence-electron chi connectivity index (χ3n) is 1.69. The molecule has 0 bridgehead atoms. The fraction of sp³-hybridized carbons (Fsp3) is 0.500. The number of hydrogen-bond donors (Lipinski definition) is 0. The maximum absolute atomic E-state index is 11.7. The lowest BCUT2D eigenvalue weighted by Crippen LogP contribution is -2.21. The molecule has 0 aliphatic heterocycles. The van der Waals surface area contributed by atoms with E-state index in [1.54, 1.807) is 6.20 Å². The van der Waals surface area contributed by atoms with E-state index in [1.807, 2.05) is 27.7 Å². The minimum absolute atomic E-state index is 0.0278. The second kappa shape index (κ2) is 3.24. The van der Waals surface area contributed by atoms with E-state index < -0.39 is 0 Å². The van der Waals surface area contributed by atoms with E-state index in [-0.39, 0.29) is 11.2 Å². The van der Waals surface area contributed by atoms with Crippen LogP contribution in [-0.4, -0.2) is 15.8 Å². The van der Waals surface area contributed by atoms with Gasteiger partial charge in [0.2, 0.25) is 0 Å². The van der Waals surface area contributed by atoms with E-state index in [2.05, 4.69) is 9.97 Å². The zero-order chi connectivity index (χ0) is 10.1. The highest BCUT2D eigenvalue weighted by Gasteiger charge is 2.23. The highest BCUT2D eigenvalue weighted by atomic mass is 16.1. The number of hydrogen-bond acceptors (Lipinski definition) is 3. The maximum atomic E-state index is 11.7. The molecule has 0 saturated carbocycles. The summed E-state index contributed by atoms with van der Waals surface area (Å²) in [4.78, 5) is 19.7. The normalized spacial score (nSPS) is 11.4. The van der Waals surface area contributed by atoms with Gasteiger partial charge in [-0.05, 0) is 6.92 Å². The van der Waals surface area contributed by atoms with Gasteiger partial charge in [-0.25, -0.2) is 4.98 Å². The van der Waals surface area contributed by atoms with Crippen LogP contribution in [0.1, 0.15) is 37.0 Å². The predicted octanol–water partition coefficient (Wildman–Crippen LogP) is 2.01. The maximum Gasteiger partial charge on any atom is 0.188 e. The molecule has 70 valence electrons. The van der Waals surface area contributed by atoms with Crippen LogP contribution in [-0.2, 0) is 0 Å². The first-order valence-electron chi connectivity index (χ1n) is 4.25. The molecule has 0 aliphatic carbocycles. The SMILES string of the molecule is Cc1cnc(C(=O)C(C)(C)C)cn1. The molecule has 0 spiro atoms. The number of carbonyl (C=O) groups is 1. The Balaban J connectivity index is 2.97. The Hall–Kier alpha value is -1.25. The van der Waals surface area contributed by atoms with Gasteiger partial charge in [0.05, 0.1) is 11.9 Å². The molecule has 0 radical (unpaired) electrons. The third-order valence-corrected chi connectivity index (χ3v) is 1.69. The zero-order valence-corrected chi connectivity index (χ0v) is 8.46. The van der Waals surface area contributed by atoms with Crippen LogP contribution >= 0.6 is 0 Å². The lowest BCUT2D eigenvalue weighted by atomic mass is 9.89. The van der Waals surface area contributed by atoms with Crippen LogP contribution in [0.5, 0.6) is 0 Å². The van der Waals surface area contributed by atoms with Crippen LogP contribution in [0.25, 0.3) is 0 Å². The summed E-state index contributed by atoms with van der Waals surface area (Å²) in [6, 6.07) is 0. The Morgan fingerprint density at radius 1 is 1.23 bits per heavy atom. The summed E-state index contributed by atoms with van der Waals surface area (Å²) in [5.41, 5.74) is 0.882. The second-order valence-corrected chi connectivity index (χ2v) is 4.12. The average molecular weight is 178 g/mol. The fourth-order valence-corrected chi connectivity index (χ4v) is 0.894. The van der Waals surface area contributed by atoms with Gasteiger partial charge in [-0.2, -0.15) is 0 Å². The van der Waals surface area contributed by atoms with Gasteiger partial charge in [-0.15, -0.1) is 0 Å². The molecule has 0 unspecified atom stereocenters. The lowest BCUT2D eigenvalue weighted by molar-refractivity contribution is 0.0852. The first-order valence-corrected chi connectivity index (χ1v) is 4.25. The molecule has 1 heterocycles. The van der Waals surface area contributed by atoms with Gasteiger partial charge >= 0.3 is 0 Å². The number of nitrogens with zero attached hydrogens (tertiary/aromatic N) is 2. The zero-order valence-electron chi connectivity index (χ0n) is 8.46. The molecule has 1 rings (SSSR count). The van der Waals surface area contributed by atoms with E-state index in [0.717, 1.165) is 5.69 Å². The molecule has 3 heteroatoms. The minimum Gasteiger partial charge on any atom is -0.292 e. The summed E-state index contributed by atoms with van der Waals surface area (Å²) in [6.45, 7) is 7.46. The predicted molar refractivity (Wildman–Crippen MR) is 50.6 cm³/mol. The van der Waals surface area contributed by atoms with Crippen molar-refractivity contribution in [1.82, 2.24) is 9.97 Å². The summed E-state index contributed by atoms with van der Waals surface area (Å²) >= 11 is 0. The van der Waals surface area contributed by atoms with E-state index in [1.165, 1.54) is 6.20 Å². The molecule has 0 amide bonds. The van der Waals surface area contributed by atoms with Crippen LogP contribution in [0, 0.1) is 12.3 Å². The molecular weight excluding hydrogens is 164 g/mol. The summed E-state index contributed by atoms with van der Waals surface area (Å²) in [5.74, 6) is 0.0278. The second-order valence-electron chi connectivity index (χ2n) is 4.12. The van der Waals surface area contributed by atoms with Crippen molar-refractivity contribution < 1.29 is 4.79 Å². The monoisotopic (exact) mass is 178 g/mol. The van der Waals surface area contributed by atoms with Gasteiger partial charge in [-0.3, -0.25) is 9.78 Å². The third kappa shape index (κ3) is 2.34. The molecule has 3 nitrogen and oxygen atoms in total. The molecule has 0 atom stereocenters. The smallest absolute Gasteiger partial charge is 0.188 e. The summed E-state index contributed by atoms with van der Waals surface area (Å²) in [5, 5.41) is 0. The van der Waals surface area contributed by atoms with Crippen molar-refractivity contribution in [3.05, 3.63) is 23.8 Å². The van der Waals surface area contributed by atoms with Gasteiger partial charge in [0.1, 0.15) is 5.69 Å². The summed E-state index contributed by atoms with van der Waals surface area (Å²) in [6.07, 6.45) is 3.14. The molecule has 0 saturated heterocycles. The van der Waals surface area contributed by atoms with Crippen LogP contribution < -0.4 is 0 Å². The fourth-order valence-electron chi connectivity index (χ4n) is 0.894. The Morgan fingerprint density at radius 2 is 1.85 bits per heavy atom. The van der Waals surface area contributed by atoms with Crippen molar-refractivity contribution in [2.24, 2.45) is 5.41 Å². The number of rotatable bonds is 1. The quantitative estimate of drug-likeness (QED) is 0.618.